The van der Waals surface area contributed by atoms with Gasteiger partial charge in [0.05, 0.1) is 19.8 Å². The van der Waals surface area contributed by atoms with Gasteiger partial charge in [-0.25, -0.2) is 4.57 Å². The Balaban J connectivity index is 4.20. The number of rotatable bonds is 46. The number of phosphoric acid groups is 1. The molecule has 2 unspecified atom stereocenters. The molecular weight excluding hydrogens is 733 g/mol. The van der Waals surface area contributed by atoms with Crippen molar-refractivity contribution in [1.82, 2.24) is 5.32 Å². The van der Waals surface area contributed by atoms with Crippen LogP contribution in [-0.4, -0.2) is 75.9 Å². The fraction of sp³-hybridized carbons (Fsp3) is 0.909. The zero-order valence-electron chi connectivity index (χ0n) is 36.3. The van der Waals surface area contributed by atoms with Crippen molar-refractivity contribution >= 4 is 19.5 Å². The van der Waals surface area contributed by atoms with Crippen molar-refractivity contribution in [2.24, 2.45) is 0 Å². The van der Waals surface area contributed by atoms with E-state index in [4.69, 9.17) is 28.0 Å². The largest absolute Gasteiger partial charge is 0.472 e. The fourth-order valence-corrected chi connectivity index (χ4v) is 7.03. The Morgan fingerprint density at radius 1 is 0.571 bits per heavy atom. The van der Waals surface area contributed by atoms with Crippen LogP contribution in [0.15, 0.2) is 12.2 Å². The molecule has 56 heavy (non-hydrogen) atoms. The first-order valence-corrected chi connectivity index (χ1v) is 24.2. The van der Waals surface area contributed by atoms with Crippen LogP contribution in [0.2, 0.25) is 0 Å². The Kier molecular flexibility index (Phi) is 42.5. The second-order valence-corrected chi connectivity index (χ2v) is 16.6. The number of ketones is 1. The second-order valence-electron chi connectivity index (χ2n) is 15.2. The number of carbonyl (C=O) groups is 2. The van der Waals surface area contributed by atoms with Gasteiger partial charge in [-0.2, -0.15) is 0 Å². The molecule has 0 heterocycles. The SMILES string of the molecule is CCCCCCCCC=CCCCCCCCOCOCC(COCOCCCCCCCCCCCCCCC)OP(=O)(O)OCCNC(=O)CCC(C)=O. The van der Waals surface area contributed by atoms with E-state index >= 15 is 0 Å². The van der Waals surface area contributed by atoms with Gasteiger partial charge in [-0.15, -0.1) is 0 Å². The van der Waals surface area contributed by atoms with Crippen molar-refractivity contribution in [3.8, 4) is 0 Å². The average molecular weight is 820 g/mol. The smallest absolute Gasteiger partial charge is 0.355 e. The van der Waals surface area contributed by atoms with Gasteiger partial charge in [-0.3, -0.25) is 13.8 Å². The molecule has 2 atom stereocenters. The third kappa shape index (κ3) is 43.9. The van der Waals surface area contributed by atoms with Crippen molar-refractivity contribution in [2.75, 3.05) is 53.2 Å². The number of nitrogens with one attached hydrogen (secondary N) is 1. The van der Waals surface area contributed by atoms with Crippen LogP contribution in [-0.2, 0) is 42.1 Å². The quantitative estimate of drug-likeness (QED) is 0.0264. The Labute approximate surface area is 343 Å². The van der Waals surface area contributed by atoms with Crippen molar-refractivity contribution in [3.63, 3.8) is 0 Å². The molecule has 0 bridgehead atoms. The predicted octanol–water partition coefficient (Wildman–Crippen LogP) is 11.7. The summed E-state index contributed by atoms with van der Waals surface area (Å²) >= 11 is 0. The van der Waals surface area contributed by atoms with Crippen LogP contribution in [0.25, 0.3) is 0 Å². The number of ether oxygens (including phenoxy) is 4. The highest BCUT2D eigenvalue weighted by atomic mass is 31.2. The van der Waals surface area contributed by atoms with Crippen molar-refractivity contribution < 1.29 is 47.0 Å². The monoisotopic (exact) mass is 820 g/mol. The van der Waals surface area contributed by atoms with Crippen LogP contribution in [0.4, 0.5) is 0 Å². The van der Waals surface area contributed by atoms with Gasteiger partial charge >= 0.3 is 7.82 Å². The summed E-state index contributed by atoms with van der Waals surface area (Å²) in [6.07, 6.45) is 36.8. The summed E-state index contributed by atoms with van der Waals surface area (Å²) in [5, 5.41) is 2.55. The van der Waals surface area contributed by atoms with Crippen molar-refractivity contribution in [3.05, 3.63) is 12.2 Å². The summed E-state index contributed by atoms with van der Waals surface area (Å²) in [5.74, 6) is -0.420. The molecule has 0 aromatic rings. The molecule has 0 fully saturated rings. The number of amides is 1. The van der Waals surface area contributed by atoms with Crippen LogP contribution in [0.1, 0.15) is 201 Å². The fourth-order valence-electron chi connectivity index (χ4n) is 6.15. The van der Waals surface area contributed by atoms with E-state index in [1.165, 1.54) is 142 Å². The standard InChI is InChI=1S/C44H86NO10P/c1-4-6-8-10-12-14-16-18-19-21-23-25-27-29-31-36-51-41-53-39-43(55-56(48,49)54-37-34-45-44(47)33-32-42(3)46)38-52-40-50-35-30-28-26-24-22-20-17-15-13-11-9-7-5-2/h18-19,43H,4-17,20-41H2,1-3H3,(H,45,47)(H,48,49). The van der Waals surface area contributed by atoms with E-state index < -0.39 is 13.9 Å². The number of hydrogen-bond acceptors (Lipinski definition) is 9. The predicted molar refractivity (Wildman–Crippen MR) is 228 cm³/mol. The van der Waals surface area contributed by atoms with Crippen molar-refractivity contribution in [2.45, 2.75) is 207 Å². The number of Topliss-reactive ketones (excluding diaryl/α,β-unsaturated/α-hetero) is 1. The summed E-state index contributed by atoms with van der Waals surface area (Å²) in [7, 11) is -4.48. The molecule has 332 valence electrons. The molecule has 0 aliphatic carbocycles. The molecule has 12 heteroatoms. The Morgan fingerprint density at radius 2 is 0.982 bits per heavy atom. The van der Waals surface area contributed by atoms with Gasteiger partial charge < -0.3 is 34.0 Å². The van der Waals surface area contributed by atoms with Gasteiger partial charge in [-0.1, -0.05) is 154 Å². The lowest BCUT2D eigenvalue weighted by atomic mass is 10.0. The van der Waals surface area contributed by atoms with Crippen LogP contribution in [0, 0.1) is 0 Å². The summed E-state index contributed by atoms with van der Waals surface area (Å²) in [6, 6.07) is 0. The number of hydrogen-bond donors (Lipinski definition) is 2. The first kappa shape index (κ1) is 54.8. The number of carbonyl (C=O) groups excluding carboxylic acids is 2. The highest BCUT2D eigenvalue weighted by Gasteiger charge is 2.27. The first-order chi connectivity index (χ1) is 27.3. The molecule has 11 nitrogen and oxygen atoms in total. The molecule has 0 aliphatic heterocycles. The van der Waals surface area contributed by atoms with Crippen molar-refractivity contribution in [1.29, 1.82) is 0 Å². The lowest BCUT2D eigenvalue weighted by Gasteiger charge is -2.21. The van der Waals surface area contributed by atoms with Gasteiger partial charge in [-0.05, 0) is 45.4 Å². The van der Waals surface area contributed by atoms with E-state index in [9.17, 15) is 19.0 Å². The Morgan fingerprint density at radius 3 is 1.41 bits per heavy atom. The number of phosphoric ester groups is 1. The molecule has 1 amide bonds. The number of allylic oxidation sites excluding steroid dienone is 2. The maximum atomic E-state index is 12.6. The maximum absolute atomic E-state index is 12.6. The summed E-state index contributed by atoms with van der Waals surface area (Å²) in [5.41, 5.74) is 0. The zero-order chi connectivity index (χ0) is 41.1. The van der Waals surface area contributed by atoms with Gasteiger partial charge in [0.2, 0.25) is 5.91 Å². The third-order valence-corrected chi connectivity index (χ3v) is 10.6. The third-order valence-electron chi connectivity index (χ3n) is 9.55. The lowest BCUT2D eigenvalue weighted by Crippen LogP contribution is -2.28. The van der Waals surface area contributed by atoms with Gasteiger partial charge in [0.25, 0.3) is 0 Å². The van der Waals surface area contributed by atoms with Crippen LogP contribution in [0.3, 0.4) is 0 Å². The van der Waals surface area contributed by atoms with Gasteiger partial charge in [0, 0.05) is 32.6 Å². The molecule has 0 aromatic carbocycles. The van der Waals surface area contributed by atoms with Crippen LogP contribution in [0.5, 0.6) is 0 Å². The molecular formula is C44H86NO10P. The highest BCUT2D eigenvalue weighted by Crippen LogP contribution is 2.44. The molecule has 0 aromatic heterocycles. The molecule has 0 spiro atoms. The minimum Gasteiger partial charge on any atom is -0.355 e. The Hall–Kier alpha value is -1.17. The topological polar surface area (TPSA) is 139 Å². The average Bonchev–Trinajstić information content (AvgIpc) is 3.17. The summed E-state index contributed by atoms with van der Waals surface area (Å²) < 4.78 is 45.5. The first-order valence-electron chi connectivity index (χ1n) is 22.7. The van der Waals surface area contributed by atoms with E-state index in [1.54, 1.807) is 0 Å². The van der Waals surface area contributed by atoms with E-state index in [0.717, 1.165) is 32.1 Å². The molecule has 0 saturated carbocycles. The zero-order valence-corrected chi connectivity index (χ0v) is 37.2. The van der Waals surface area contributed by atoms with Crippen LogP contribution >= 0.6 is 7.82 Å². The van der Waals surface area contributed by atoms with E-state index in [2.05, 4.69) is 31.3 Å². The summed E-state index contributed by atoms with van der Waals surface area (Å²) in [6.45, 7) is 6.84. The number of unbranched alkanes of at least 4 members (excludes halogenated alkanes) is 23. The van der Waals surface area contributed by atoms with Gasteiger partial charge in [0.15, 0.2) is 0 Å². The lowest BCUT2D eigenvalue weighted by molar-refractivity contribution is -0.124. The van der Waals surface area contributed by atoms with E-state index in [0.29, 0.717) is 13.2 Å². The molecule has 0 aliphatic rings. The van der Waals surface area contributed by atoms with Crippen LogP contribution < -0.4 is 5.32 Å². The van der Waals surface area contributed by atoms with E-state index in [1.807, 2.05) is 0 Å². The minimum atomic E-state index is -4.48. The maximum Gasteiger partial charge on any atom is 0.472 e. The molecule has 0 saturated heterocycles. The summed E-state index contributed by atoms with van der Waals surface area (Å²) in [4.78, 5) is 33.2. The molecule has 2 N–H and O–H groups in total. The molecule has 0 rings (SSSR count). The minimum absolute atomic E-state index is 0.000451. The normalized spacial score (nSPS) is 13.4. The Bertz CT molecular complexity index is 937. The van der Waals surface area contributed by atoms with Gasteiger partial charge in [0.1, 0.15) is 25.5 Å². The van der Waals surface area contributed by atoms with E-state index in [-0.39, 0.29) is 64.5 Å². The molecule has 0 radical (unpaired) electrons. The highest BCUT2D eigenvalue weighted by molar-refractivity contribution is 7.47. The second kappa shape index (κ2) is 43.4.